The number of allylic oxidation sites excluding steroid dienone is 1. The maximum atomic E-state index is 10.6. The van der Waals surface area contributed by atoms with Crippen LogP contribution in [0.4, 0.5) is 0 Å². The van der Waals surface area contributed by atoms with Crippen LogP contribution in [0.2, 0.25) is 0 Å². The van der Waals surface area contributed by atoms with E-state index in [-0.39, 0.29) is 4.91 Å². The Labute approximate surface area is 71.1 Å². The number of hydrogen-bond donors (Lipinski definition) is 2. The Bertz CT molecular complexity index is 318. The van der Waals surface area contributed by atoms with Crippen LogP contribution in [-0.4, -0.2) is 31.6 Å². The van der Waals surface area contributed by atoms with Gasteiger partial charge in [0.05, 0.1) is 11.4 Å². The van der Waals surface area contributed by atoms with Gasteiger partial charge in [-0.15, -0.1) is 0 Å². The van der Waals surface area contributed by atoms with Gasteiger partial charge in [-0.2, -0.15) is 8.42 Å². The quantitative estimate of drug-likeness (QED) is 0.586. The predicted molar refractivity (Wildman–Crippen MR) is 44.5 cm³/mol. The Morgan fingerprint density at radius 1 is 1.67 bits per heavy atom. The van der Waals surface area contributed by atoms with Crippen LogP contribution in [0.5, 0.6) is 0 Å². The first-order chi connectivity index (χ1) is 5.54. The molecule has 0 aromatic heterocycles. The second-order valence-corrected chi connectivity index (χ2v) is 3.69. The van der Waals surface area contributed by atoms with E-state index in [1.807, 2.05) is 0 Å². The van der Waals surface area contributed by atoms with Gasteiger partial charge in [0.15, 0.2) is 0 Å². The van der Waals surface area contributed by atoms with Gasteiger partial charge < -0.3 is 5.01 Å². The van der Waals surface area contributed by atoms with E-state index in [1.54, 1.807) is 18.3 Å². The van der Waals surface area contributed by atoms with Gasteiger partial charge in [-0.25, -0.2) is 5.43 Å². The zero-order valence-corrected chi connectivity index (χ0v) is 7.37. The van der Waals surface area contributed by atoms with Gasteiger partial charge in [-0.05, 0) is 12.2 Å². The Morgan fingerprint density at radius 3 is 2.67 bits per heavy atom. The number of rotatable bonds is 2. The molecule has 0 unspecified atom stereocenters. The van der Waals surface area contributed by atoms with Gasteiger partial charge in [-0.1, -0.05) is 0 Å². The van der Waals surface area contributed by atoms with Gasteiger partial charge in [0.1, 0.15) is 0 Å². The zero-order valence-electron chi connectivity index (χ0n) is 6.56. The van der Waals surface area contributed by atoms with Crippen molar-refractivity contribution in [2.45, 2.75) is 0 Å². The van der Waals surface area contributed by atoms with Gasteiger partial charge in [0.25, 0.3) is 10.1 Å². The lowest BCUT2D eigenvalue weighted by Gasteiger charge is -2.19. The summed E-state index contributed by atoms with van der Waals surface area (Å²) >= 11 is 0. The first kappa shape index (κ1) is 9.24. The first-order valence-corrected chi connectivity index (χ1v) is 4.78. The maximum Gasteiger partial charge on any atom is 0.294 e. The van der Waals surface area contributed by atoms with Crippen LogP contribution in [0, 0.1) is 0 Å². The Balaban J connectivity index is 2.78. The van der Waals surface area contributed by atoms with E-state index in [4.69, 9.17) is 4.55 Å². The van der Waals surface area contributed by atoms with Gasteiger partial charge >= 0.3 is 0 Å². The van der Waals surface area contributed by atoms with Crippen LogP contribution in [0.3, 0.4) is 0 Å². The van der Waals surface area contributed by atoms with E-state index >= 15 is 0 Å². The van der Waals surface area contributed by atoms with Crippen LogP contribution >= 0.6 is 0 Å². The lowest BCUT2D eigenvalue weighted by molar-refractivity contribution is 0.326. The average Bonchev–Trinajstić information content (AvgIpc) is 2.03. The number of hydrogen-bond acceptors (Lipinski definition) is 4. The standard InChI is InChI=1S/C6H10N2O3S/c1-7-8-4-2-6(3-5-8)12(9,10)11/h2-4,7H,5H2,1H3,(H,9,10,11). The van der Waals surface area contributed by atoms with Crippen molar-refractivity contribution in [1.29, 1.82) is 0 Å². The highest BCUT2D eigenvalue weighted by Crippen LogP contribution is 2.10. The third-order valence-corrected chi connectivity index (χ3v) is 2.39. The smallest absolute Gasteiger partial charge is 0.294 e. The molecule has 6 heteroatoms. The summed E-state index contributed by atoms with van der Waals surface area (Å²) in [6.07, 6.45) is 4.30. The zero-order chi connectivity index (χ0) is 9.19. The molecule has 0 aromatic carbocycles. The molecule has 1 aliphatic rings. The highest BCUT2D eigenvalue weighted by Gasteiger charge is 2.13. The van der Waals surface area contributed by atoms with E-state index in [9.17, 15) is 8.42 Å². The molecule has 1 rings (SSSR count). The molecule has 12 heavy (non-hydrogen) atoms. The Kier molecular flexibility index (Phi) is 2.51. The van der Waals surface area contributed by atoms with Crippen LogP contribution in [0.25, 0.3) is 0 Å². The second-order valence-electron chi connectivity index (χ2n) is 2.27. The summed E-state index contributed by atoms with van der Waals surface area (Å²) < 4.78 is 29.8. The minimum atomic E-state index is -4.04. The number of nitrogens with zero attached hydrogens (tertiary/aromatic N) is 1. The molecule has 0 bridgehead atoms. The minimum absolute atomic E-state index is 0.0611. The van der Waals surface area contributed by atoms with Crippen LogP contribution in [0.15, 0.2) is 23.3 Å². The summed E-state index contributed by atoms with van der Waals surface area (Å²) in [6.45, 7) is 0.419. The highest BCUT2D eigenvalue weighted by molar-refractivity contribution is 7.90. The lowest BCUT2D eigenvalue weighted by Crippen LogP contribution is -2.31. The van der Waals surface area contributed by atoms with Crippen molar-refractivity contribution in [3.8, 4) is 0 Å². The van der Waals surface area contributed by atoms with Gasteiger partial charge in [0.2, 0.25) is 0 Å². The molecule has 0 fully saturated rings. The van der Waals surface area contributed by atoms with Crippen molar-refractivity contribution in [3.05, 3.63) is 23.3 Å². The van der Waals surface area contributed by atoms with E-state index < -0.39 is 10.1 Å². The highest BCUT2D eigenvalue weighted by atomic mass is 32.2. The summed E-state index contributed by atoms with van der Waals surface area (Å²) in [5, 5.41) is 1.68. The topological polar surface area (TPSA) is 69.6 Å². The van der Waals surface area contributed by atoms with Crippen LogP contribution in [0.1, 0.15) is 0 Å². The molecule has 0 spiro atoms. The molecule has 0 saturated carbocycles. The van der Waals surface area contributed by atoms with Crippen molar-refractivity contribution in [2.75, 3.05) is 13.6 Å². The minimum Gasteiger partial charge on any atom is -0.312 e. The first-order valence-electron chi connectivity index (χ1n) is 3.34. The normalized spacial score (nSPS) is 17.8. The van der Waals surface area contributed by atoms with Crippen molar-refractivity contribution in [1.82, 2.24) is 10.4 Å². The molecule has 0 radical (unpaired) electrons. The molecular weight excluding hydrogens is 180 g/mol. The van der Waals surface area contributed by atoms with E-state index in [0.717, 1.165) is 0 Å². The Hall–Kier alpha value is -0.850. The third-order valence-electron chi connectivity index (χ3n) is 1.49. The summed E-state index contributed by atoms with van der Waals surface area (Å²) in [4.78, 5) is -0.0611. The number of nitrogens with one attached hydrogen (secondary N) is 1. The Morgan fingerprint density at radius 2 is 2.33 bits per heavy atom. The van der Waals surface area contributed by atoms with E-state index in [1.165, 1.54) is 12.2 Å². The number of hydrazine groups is 1. The largest absolute Gasteiger partial charge is 0.312 e. The summed E-state index contributed by atoms with van der Waals surface area (Å²) in [5.41, 5.74) is 2.80. The molecular formula is C6H10N2O3S. The SMILES string of the molecule is CNN1C=CC(S(=O)(=O)O)=CC1. The van der Waals surface area contributed by atoms with Gasteiger partial charge in [-0.3, -0.25) is 4.55 Å². The van der Waals surface area contributed by atoms with Crippen molar-refractivity contribution in [2.24, 2.45) is 0 Å². The molecule has 1 heterocycles. The van der Waals surface area contributed by atoms with Crippen molar-refractivity contribution < 1.29 is 13.0 Å². The fourth-order valence-corrected chi connectivity index (χ4v) is 1.36. The van der Waals surface area contributed by atoms with E-state index in [0.29, 0.717) is 6.54 Å². The monoisotopic (exact) mass is 190 g/mol. The molecule has 68 valence electrons. The molecule has 0 saturated heterocycles. The molecule has 2 N–H and O–H groups in total. The third kappa shape index (κ3) is 2.07. The van der Waals surface area contributed by atoms with E-state index in [2.05, 4.69) is 5.43 Å². The predicted octanol–water partition coefficient (Wildman–Crippen LogP) is -0.278. The summed E-state index contributed by atoms with van der Waals surface area (Å²) in [7, 11) is -2.32. The maximum absolute atomic E-state index is 10.6. The summed E-state index contributed by atoms with van der Waals surface area (Å²) in [6, 6.07) is 0. The molecule has 1 aliphatic heterocycles. The fourth-order valence-electron chi connectivity index (χ4n) is 0.838. The van der Waals surface area contributed by atoms with Crippen molar-refractivity contribution >= 4 is 10.1 Å². The molecule has 5 nitrogen and oxygen atoms in total. The lowest BCUT2D eigenvalue weighted by atomic mass is 10.4. The van der Waals surface area contributed by atoms with Crippen LogP contribution < -0.4 is 5.43 Å². The van der Waals surface area contributed by atoms with Crippen LogP contribution in [-0.2, 0) is 10.1 Å². The molecule has 0 aliphatic carbocycles. The second kappa shape index (κ2) is 3.26. The molecule has 0 atom stereocenters. The van der Waals surface area contributed by atoms with Gasteiger partial charge in [0, 0.05) is 13.2 Å². The molecule has 0 aromatic rings. The average molecular weight is 190 g/mol. The molecule has 0 amide bonds. The fraction of sp³-hybridized carbons (Fsp3) is 0.333. The van der Waals surface area contributed by atoms with Crippen molar-refractivity contribution in [3.63, 3.8) is 0 Å². The summed E-state index contributed by atoms with van der Waals surface area (Å²) in [5.74, 6) is 0.